The third-order valence-corrected chi connectivity index (χ3v) is 6.98. The highest BCUT2D eigenvalue weighted by Crippen LogP contribution is 2.17. The number of halogens is 1. The van der Waals surface area contributed by atoms with Crippen LogP contribution in [0.4, 0.5) is 0 Å². The van der Waals surface area contributed by atoms with Gasteiger partial charge in [0.15, 0.2) is 0 Å². The Kier molecular flexibility index (Phi) is 8.61. The van der Waals surface area contributed by atoms with E-state index < -0.39 is 27.9 Å². The van der Waals surface area contributed by atoms with E-state index in [2.05, 4.69) is 5.32 Å². The number of rotatable bonds is 9. The highest BCUT2D eigenvalue weighted by atomic mass is 35.5. The second kappa shape index (κ2) is 10.7. The highest BCUT2D eigenvalue weighted by Gasteiger charge is 2.28. The molecule has 0 aliphatic heterocycles. The lowest BCUT2D eigenvalue weighted by Gasteiger charge is -2.23. The maximum absolute atomic E-state index is 12.7. The first-order valence-corrected chi connectivity index (χ1v) is 11.6. The number of ether oxygens (including phenoxy) is 1. The summed E-state index contributed by atoms with van der Waals surface area (Å²) in [7, 11) is -0.702. The predicted octanol–water partition coefficient (Wildman–Crippen LogP) is 3.48. The molecule has 2 aromatic carbocycles. The van der Waals surface area contributed by atoms with Gasteiger partial charge in [-0.15, -0.1) is 0 Å². The van der Waals surface area contributed by atoms with Crippen molar-refractivity contribution in [2.24, 2.45) is 5.92 Å². The number of amides is 1. The standard InChI is InChI=1S/C22H27ClN2O5S/c1-5-15(2)20(24-21(26)17-9-11-18(23)12-10-17)22(27)30-14-16-7-6-8-19(13-16)31(28,29)25(3)4/h6-13,15,20H,5,14H2,1-4H3,(H,24,26). The second-order valence-electron chi connectivity index (χ2n) is 7.39. The lowest BCUT2D eigenvalue weighted by Crippen LogP contribution is -2.45. The molecule has 0 radical (unpaired) electrons. The summed E-state index contributed by atoms with van der Waals surface area (Å²) in [6, 6.07) is 11.7. The van der Waals surface area contributed by atoms with Crippen molar-refractivity contribution in [3.8, 4) is 0 Å². The third-order valence-electron chi connectivity index (χ3n) is 4.92. The van der Waals surface area contributed by atoms with Crippen LogP contribution in [0.3, 0.4) is 0 Å². The summed E-state index contributed by atoms with van der Waals surface area (Å²) >= 11 is 5.86. The molecular formula is C22H27ClN2O5S. The molecule has 0 aliphatic carbocycles. The van der Waals surface area contributed by atoms with E-state index in [0.29, 0.717) is 22.6 Å². The van der Waals surface area contributed by atoms with Gasteiger partial charge < -0.3 is 10.1 Å². The van der Waals surface area contributed by atoms with Gasteiger partial charge in [0.1, 0.15) is 12.6 Å². The van der Waals surface area contributed by atoms with E-state index >= 15 is 0 Å². The maximum atomic E-state index is 12.7. The quantitative estimate of drug-likeness (QED) is 0.571. The molecule has 31 heavy (non-hydrogen) atoms. The van der Waals surface area contributed by atoms with Crippen LogP contribution in [-0.4, -0.2) is 44.7 Å². The molecular weight excluding hydrogens is 440 g/mol. The zero-order valence-electron chi connectivity index (χ0n) is 18.0. The molecule has 2 aromatic rings. The van der Waals surface area contributed by atoms with Crippen molar-refractivity contribution in [3.63, 3.8) is 0 Å². The van der Waals surface area contributed by atoms with Crippen LogP contribution in [0.1, 0.15) is 36.2 Å². The molecule has 0 spiro atoms. The molecule has 9 heteroatoms. The third kappa shape index (κ3) is 6.53. The lowest BCUT2D eigenvalue weighted by atomic mass is 9.98. The maximum Gasteiger partial charge on any atom is 0.329 e. The van der Waals surface area contributed by atoms with E-state index in [1.54, 1.807) is 36.4 Å². The number of sulfonamides is 1. The fourth-order valence-corrected chi connectivity index (χ4v) is 3.84. The van der Waals surface area contributed by atoms with Crippen LogP contribution in [0.15, 0.2) is 53.4 Å². The first kappa shape index (κ1) is 24.8. The Bertz CT molecular complexity index is 1020. The SMILES string of the molecule is CCC(C)C(NC(=O)c1ccc(Cl)cc1)C(=O)OCc1cccc(S(=O)(=O)N(C)C)c1. The molecule has 7 nitrogen and oxygen atoms in total. The van der Waals surface area contributed by atoms with E-state index in [4.69, 9.17) is 16.3 Å². The first-order valence-electron chi connectivity index (χ1n) is 9.80. The molecule has 1 amide bonds. The van der Waals surface area contributed by atoms with Gasteiger partial charge in [0, 0.05) is 24.7 Å². The number of esters is 1. The van der Waals surface area contributed by atoms with Gasteiger partial charge in [-0.25, -0.2) is 17.5 Å². The summed E-state index contributed by atoms with van der Waals surface area (Å²) in [6.45, 7) is 3.65. The molecule has 2 unspecified atom stereocenters. The Hall–Kier alpha value is -2.42. The van der Waals surface area contributed by atoms with Gasteiger partial charge in [0.25, 0.3) is 5.91 Å². The van der Waals surface area contributed by atoms with Crippen molar-refractivity contribution in [3.05, 3.63) is 64.7 Å². The van der Waals surface area contributed by atoms with E-state index in [-0.39, 0.29) is 17.4 Å². The van der Waals surface area contributed by atoms with Crippen LogP contribution in [-0.2, 0) is 26.2 Å². The van der Waals surface area contributed by atoms with E-state index in [1.807, 2.05) is 13.8 Å². The summed E-state index contributed by atoms with van der Waals surface area (Å²) in [4.78, 5) is 25.4. The van der Waals surface area contributed by atoms with Gasteiger partial charge >= 0.3 is 5.97 Å². The van der Waals surface area contributed by atoms with Gasteiger partial charge in [-0.1, -0.05) is 44.0 Å². The van der Waals surface area contributed by atoms with Crippen molar-refractivity contribution in [2.45, 2.75) is 37.8 Å². The van der Waals surface area contributed by atoms with E-state index in [1.165, 1.54) is 26.2 Å². The fraction of sp³-hybridized carbons (Fsp3) is 0.364. The minimum Gasteiger partial charge on any atom is -0.459 e. The molecule has 0 saturated carbocycles. The average Bonchev–Trinajstić information content (AvgIpc) is 2.75. The number of hydrogen-bond donors (Lipinski definition) is 1. The molecule has 0 heterocycles. The van der Waals surface area contributed by atoms with Crippen molar-refractivity contribution < 1.29 is 22.7 Å². The van der Waals surface area contributed by atoms with Crippen molar-refractivity contribution in [1.82, 2.24) is 9.62 Å². The summed E-state index contributed by atoms with van der Waals surface area (Å²) in [5, 5.41) is 3.24. The number of hydrogen-bond acceptors (Lipinski definition) is 5. The molecule has 1 N–H and O–H groups in total. The molecule has 2 atom stereocenters. The van der Waals surface area contributed by atoms with E-state index in [0.717, 1.165) is 4.31 Å². The second-order valence-corrected chi connectivity index (χ2v) is 9.97. The van der Waals surface area contributed by atoms with Gasteiger partial charge in [0.05, 0.1) is 4.90 Å². The van der Waals surface area contributed by atoms with Crippen LogP contribution in [0, 0.1) is 5.92 Å². The number of carbonyl (C=O) groups excluding carboxylic acids is 2. The van der Waals surface area contributed by atoms with Crippen molar-refractivity contribution in [1.29, 1.82) is 0 Å². The minimum absolute atomic E-state index is 0.112. The van der Waals surface area contributed by atoms with Crippen LogP contribution in [0.25, 0.3) is 0 Å². The van der Waals surface area contributed by atoms with Crippen LogP contribution in [0.2, 0.25) is 5.02 Å². The van der Waals surface area contributed by atoms with Gasteiger partial charge in [-0.3, -0.25) is 4.79 Å². The molecule has 0 aliphatic rings. The summed E-state index contributed by atoms with van der Waals surface area (Å²) < 4.78 is 31.1. The predicted molar refractivity (Wildman–Crippen MR) is 119 cm³/mol. The number of nitrogens with one attached hydrogen (secondary N) is 1. The summed E-state index contributed by atoms with van der Waals surface area (Å²) in [5.41, 5.74) is 0.912. The minimum atomic E-state index is -3.59. The fourth-order valence-electron chi connectivity index (χ4n) is 2.75. The smallest absolute Gasteiger partial charge is 0.329 e. The molecule has 0 bridgehead atoms. The normalized spacial score (nSPS) is 13.5. The Labute approximate surface area is 188 Å². The molecule has 168 valence electrons. The average molecular weight is 467 g/mol. The van der Waals surface area contributed by atoms with Crippen LogP contribution in [0.5, 0.6) is 0 Å². The topological polar surface area (TPSA) is 92.8 Å². The Balaban J connectivity index is 2.11. The molecule has 0 saturated heterocycles. The zero-order chi connectivity index (χ0) is 23.2. The number of nitrogens with zero attached hydrogens (tertiary/aromatic N) is 1. The lowest BCUT2D eigenvalue weighted by molar-refractivity contribution is -0.148. The van der Waals surface area contributed by atoms with Crippen LogP contribution < -0.4 is 5.32 Å². The molecule has 2 rings (SSSR count). The van der Waals surface area contributed by atoms with Crippen molar-refractivity contribution in [2.75, 3.05) is 14.1 Å². The van der Waals surface area contributed by atoms with Gasteiger partial charge in [-0.2, -0.15) is 0 Å². The summed E-state index contributed by atoms with van der Waals surface area (Å²) in [6.07, 6.45) is 0.650. The van der Waals surface area contributed by atoms with Crippen LogP contribution >= 0.6 is 11.6 Å². The van der Waals surface area contributed by atoms with Gasteiger partial charge in [-0.05, 0) is 47.9 Å². The van der Waals surface area contributed by atoms with Crippen molar-refractivity contribution >= 4 is 33.5 Å². The highest BCUT2D eigenvalue weighted by molar-refractivity contribution is 7.89. The monoisotopic (exact) mass is 466 g/mol. The van der Waals surface area contributed by atoms with E-state index in [9.17, 15) is 18.0 Å². The molecule has 0 fully saturated rings. The first-order chi connectivity index (χ1) is 14.6. The zero-order valence-corrected chi connectivity index (χ0v) is 19.5. The van der Waals surface area contributed by atoms with Gasteiger partial charge in [0.2, 0.25) is 10.0 Å². The summed E-state index contributed by atoms with van der Waals surface area (Å²) in [5.74, 6) is -1.15. The number of carbonyl (C=O) groups is 2. The largest absolute Gasteiger partial charge is 0.459 e. The Morgan fingerprint density at radius 2 is 1.77 bits per heavy atom. The Morgan fingerprint density at radius 3 is 2.35 bits per heavy atom. The Morgan fingerprint density at radius 1 is 1.13 bits per heavy atom. The molecule has 0 aromatic heterocycles. The number of benzene rings is 2.